The summed E-state index contributed by atoms with van der Waals surface area (Å²) in [6.07, 6.45) is 0.322. The van der Waals surface area contributed by atoms with E-state index in [4.69, 9.17) is 0 Å². The van der Waals surface area contributed by atoms with Gasteiger partial charge < -0.3 is 0 Å². The van der Waals surface area contributed by atoms with E-state index < -0.39 is 0 Å². The Morgan fingerprint density at radius 2 is 1.73 bits per heavy atom. The van der Waals surface area contributed by atoms with E-state index in [9.17, 15) is 9.59 Å². The zero-order valence-corrected chi connectivity index (χ0v) is 10.8. The summed E-state index contributed by atoms with van der Waals surface area (Å²) >= 11 is 1.60. The number of carbonyl (C=O) groups is 2. The van der Waals surface area contributed by atoms with Crippen molar-refractivity contribution in [2.24, 2.45) is 5.41 Å². The molecule has 1 heterocycles. The van der Waals surface area contributed by atoms with Crippen LogP contribution in [0, 0.1) is 5.41 Å². The minimum atomic E-state index is -0.216. The molecule has 0 saturated carbocycles. The highest BCUT2D eigenvalue weighted by atomic mass is 32.2. The molecule has 1 aliphatic rings. The van der Waals surface area contributed by atoms with Crippen LogP contribution in [0.3, 0.4) is 0 Å². The number of nitrogens with one attached hydrogen (secondary N) is 1. The Hall–Kier alpha value is -0.510. The fourth-order valence-electron chi connectivity index (χ4n) is 1.16. The van der Waals surface area contributed by atoms with Crippen molar-refractivity contribution in [2.45, 2.75) is 51.0 Å². The Balaban J connectivity index is 2.70. The molecule has 1 saturated heterocycles. The average Bonchev–Trinajstić information content (AvgIpc) is 2.26. The van der Waals surface area contributed by atoms with Crippen molar-refractivity contribution in [1.29, 1.82) is 0 Å². The summed E-state index contributed by atoms with van der Waals surface area (Å²) in [5.41, 5.74) is 0.101. The van der Waals surface area contributed by atoms with Gasteiger partial charge in [0, 0.05) is 11.2 Å². The number of hydrogen-bond acceptors (Lipinski definition) is 3. The molecule has 2 amide bonds. The predicted octanol–water partition coefficient (Wildman–Crippen LogP) is 1.96. The zero-order chi connectivity index (χ0) is 11.9. The second-order valence-corrected chi connectivity index (χ2v) is 7.31. The fourth-order valence-corrected chi connectivity index (χ4v) is 2.62. The van der Waals surface area contributed by atoms with Crippen molar-refractivity contribution in [2.75, 3.05) is 0 Å². The quantitative estimate of drug-likeness (QED) is 0.736. The van der Waals surface area contributed by atoms with Gasteiger partial charge in [-0.3, -0.25) is 14.9 Å². The van der Waals surface area contributed by atoms with E-state index >= 15 is 0 Å². The molecule has 0 radical (unpaired) electrons. The number of amides is 2. The van der Waals surface area contributed by atoms with Gasteiger partial charge in [0.15, 0.2) is 0 Å². The molecule has 0 bridgehead atoms. The molecule has 1 N–H and O–H groups in total. The first-order valence-electron chi connectivity index (χ1n) is 5.15. The van der Waals surface area contributed by atoms with Gasteiger partial charge in [0.2, 0.25) is 11.8 Å². The van der Waals surface area contributed by atoms with Gasteiger partial charge in [0.1, 0.15) is 0 Å². The van der Waals surface area contributed by atoms with E-state index in [1.165, 1.54) is 0 Å². The summed E-state index contributed by atoms with van der Waals surface area (Å²) in [6, 6.07) is 0. The SMILES string of the molecule is CC(C)(C)C(C)(C)SC1CC(=O)NC1=O. The smallest absolute Gasteiger partial charge is 0.240 e. The highest BCUT2D eigenvalue weighted by molar-refractivity contribution is 8.02. The summed E-state index contributed by atoms with van der Waals surface area (Å²) < 4.78 is -0.0281. The predicted molar refractivity (Wildman–Crippen MR) is 62.7 cm³/mol. The van der Waals surface area contributed by atoms with Crippen LogP contribution in [0.15, 0.2) is 0 Å². The maximum absolute atomic E-state index is 11.4. The van der Waals surface area contributed by atoms with Crippen molar-refractivity contribution in [3.05, 3.63) is 0 Å². The minimum absolute atomic E-state index is 0.0281. The number of hydrogen-bond donors (Lipinski definition) is 1. The van der Waals surface area contributed by atoms with E-state index in [1.54, 1.807) is 11.8 Å². The Bertz CT molecular complexity index is 291. The van der Waals surface area contributed by atoms with Crippen LogP contribution in [0.2, 0.25) is 0 Å². The van der Waals surface area contributed by atoms with Crippen molar-refractivity contribution < 1.29 is 9.59 Å². The standard InChI is InChI=1S/C11H19NO2S/c1-10(2,3)11(4,5)15-7-6-8(13)12-9(7)14/h7H,6H2,1-5H3,(H,12,13,14). The van der Waals surface area contributed by atoms with E-state index in [-0.39, 0.29) is 27.2 Å². The molecule has 1 unspecified atom stereocenters. The number of rotatable bonds is 2. The van der Waals surface area contributed by atoms with Gasteiger partial charge in [0.05, 0.1) is 5.25 Å². The molecule has 0 aliphatic carbocycles. The van der Waals surface area contributed by atoms with Crippen LogP contribution in [0.25, 0.3) is 0 Å². The summed E-state index contributed by atoms with van der Waals surface area (Å²) in [4.78, 5) is 22.5. The van der Waals surface area contributed by atoms with Crippen LogP contribution in [-0.2, 0) is 9.59 Å². The lowest BCUT2D eigenvalue weighted by atomic mass is 9.83. The van der Waals surface area contributed by atoms with Crippen LogP contribution >= 0.6 is 11.8 Å². The van der Waals surface area contributed by atoms with Crippen LogP contribution in [0.1, 0.15) is 41.0 Å². The third kappa shape index (κ3) is 2.74. The number of imide groups is 1. The molecular weight excluding hydrogens is 210 g/mol. The maximum Gasteiger partial charge on any atom is 0.240 e. The molecule has 86 valence electrons. The molecule has 0 spiro atoms. The van der Waals surface area contributed by atoms with Crippen molar-refractivity contribution in [1.82, 2.24) is 5.32 Å². The summed E-state index contributed by atoms with van der Waals surface area (Å²) in [5.74, 6) is -0.287. The Kier molecular flexibility index (Phi) is 3.19. The first-order valence-corrected chi connectivity index (χ1v) is 6.03. The molecular formula is C11H19NO2S. The Morgan fingerprint density at radius 1 is 1.20 bits per heavy atom. The molecule has 1 atom stereocenters. The van der Waals surface area contributed by atoms with E-state index in [0.717, 1.165) is 0 Å². The normalized spacial score (nSPS) is 23.1. The lowest BCUT2D eigenvalue weighted by Gasteiger charge is -2.39. The zero-order valence-electron chi connectivity index (χ0n) is 10.0. The topological polar surface area (TPSA) is 46.2 Å². The highest BCUT2D eigenvalue weighted by Gasteiger charge is 2.41. The monoisotopic (exact) mass is 229 g/mol. The van der Waals surface area contributed by atoms with Gasteiger partial charge in [-0.05, 0) is 5.41 Å². The molecule has 15 heavy (non-hydrogen) atoms. The largest absolute Gasteiger partial charge is 0.295 e. The van der Waals surface area contributed by atoms with E-state index in [1.807, 2.05) is 0 Å². The first-order chi connectivity index (χ1) is 6.63. The summed E-state index contributed by atoms with van der Waals surface area (Å²) in [7, 11) is 0. The van der Waals surface area contributed by atoms with Crippen LogP contribution in [-0.4, -0.2) is 21.8 Å². The van der Waals surface area contributed by atoms with Gasteiger partial charge >= 0.3 is 0 Å². The van der Waals surface area contributed by atoms with Gasteiger partial charge in [-0.25, -0.2) is 0 Å². The number of thioether (sulfide) groups is 1. The maximum atomic E-state index is 11.4. The second-order valence-electron chi connectivity index (χ2n) is 5.48. The van der Waals surface area contributed by atoms with Crippen molar-refractivity contribution >= 4 is 23.6 Å². The van der Waals surface area contributed by atoms with Gasteiger partial charge in [-0.1, -0.05) is 34.6 Å². The molecule has 0 aromatic carbocycles. The lowest BCUT2D eigenvalue weighted by molar-refractivity contribution is -0.124. The van der Waals surface area contributed by atoms with Crippen molar-refractivity contribution in [3.8, 4) is 0 Å². The number of carbonyl (C=O) groups excluding carboxylic acids is 2. The Morgan fingerprint density at radius 3 is 2.07 bits per heavy atom. The van der Waals surface area contributed by atoms with E-state index in [0.29, 0.717) is 6.42 Å². The first kappa shape index (κ1) is 12.6. The average molecular weight is 229 g/mol. The second kappa shape index (κ2) is 3.81. The molecule has 0 aromatic rings. The molecule has 1 fully saturated rings. The molecule has 3 nitrogen and oxygen atoms in total. The lowest BCUT2D eigenvalue weighted by Crippen LogP contribution is -2.36. The molecule has 0 aromatic heterocycles. The van der Waals surface area contributed by atoms with Crippen LogP contribution in [0.4, 0.5) is 0 Å². The third-order valence-electron chi connectivity index (χ3n) is 3.17. The summed E-state index contributed by atoms with van der Waals surface area (Å²) in [5, 5.41) is 2.13. The third-order valence-corrected chi connectivity index (χ3v) is 5.04. The minimum Gasteiger partial charge on any atom is -0.295 e. The van der Waals surface area contributed by atoms with Gasteiger partial charge in [-0.15, -0.1) is 11.8 Å². The van der Waals surface area contributed by atoms with E-state index in [2.05, 4.69) is 39.9 Å². The molecule has 1 aliphatic heterocycles. The van der Waals surface area contributed by atoms with Crippen LogP contribution < -0.4 is 5.32 Å². The Labute approximate surface area is 95.4 Å². The molecule has 4 heteroatoms. The van der Waals surface area contributed by atoms with Gasteiger partial charge in [0.25, 0.3) is 0 Å². The van der Waals surface area contributed by atoms with Crippen molar-refractivity contribution in [3.63, 3.8) is 0 Å². The summed E-state index contributed by atoms with van der Waals surface area (Å²) in [6.45, 7) is 10.7. The van der Waals surface area contributed by atoms with Crippen LogP contribution in [0.5, 0.6) is 0 Å². The van der Waals surface area contributed by atoms with Gasteiger partial charge in [-0.2, -0.15) is 0 Å². The highest BCUT2D eigenvalue weighted by Crippen LogP contribution is 2.44. The fraction of sp³-hybridized carbons (Fsp3) is 0.818. The molecule has 1 rings (SSSR count).